The summed E-state index contributed by atoms with van der Waals surface area (Å²) in [7, 11) is 0. The van der Waals surface area contributed by atoms with Crippen LogP contribution >= 0.6 is 0 Å². The van der Waals surface area contributed by atoms with E-state index in [2.05, 4.69) is 10.6 Å². The highest BCUT2D eigenvalue weighted by atomic mass is 16.5. The summed E-state index contributed by atoms with van der Waals surface area (Å²) in [5.41, 5.74) is 0. The number of hydrogen-bond donors (Lipinski definition) is 2. The van der Waals surface area contributed by atoms with E-state index in [0.717, 1.165) is 6.54 Å². The van der Waals surface area contributed by atoms with Gasteiger partial charge in [0.1, 0.15) is 0 Å². The number of amides is 2. The number of ether oxygens (including phenoxy) is 1. The van der Waals surface area contributed by atoms with E-state index in [4.69, 9.17) is 4.74 Å². The number of hydrogen-bond acceptors (Lipinski definition) is 4. The average Bonchev–Trinajstić information content (AvgIpc) is 2.55. The van der Waals surface area contributed by atoms with Crippen molar-refractivity contribution in [3.05, 3.63) is 0 Å². The number of carbonyl (C=O) groups is 2. The topological polar surface area (TPSA) is 70.7 Å². The molecule has 0 aromatic carbocycles. The summed E-state index contributed by atoms with van der Waals surface area (Å²) in [5, 5.41) is 6.02. The first-order valence-electron chi connectivity index (χ1n) is 6.11. The van der Waals surface area contributed by atoms with Crippen molar-refractivity contribution in [1.29, 1.82) is 0 Å². The van der Waals surface area contributed by atoms with Crippen LogP contribution < -0.4 is 10.6 Å². The minimum absolute atomic E-state index is 0.0272. The summed E-state index contributed by atoms with van der Waals surface area (Å²) >= 11 is 0. The minimum atomic E-state index is 0.0272. The Morgan fingerprint density at radius 1 is 1.41 bits per heavy atom. The maximum atomic E-state index is 12.0. The fourth-order valence-electron chi connectivity index (χ4n) is 2.11. The van der Waals surface area contributed by atoms with E-state index < -0.39 is 0 Å². The van der Waals surface area contributed by atoms with Gasteiger partial charge in [0.25, 0.3) is 0 Å². The Balaban J connectivity index is 1.79. The second kappa shape index (κ2) is 5.97. The number of carbonyl (C=O) groups excluding carboxylic acids is 2. The van der Waals surface area contributed by atoms with Crippen LogP contribution in [-0.4, -0.2) is 62.1 Å². The van der Waals surface area contributed by atoms with E-state index in [9.17, 15) is 9.59 Å². The Morgan fingerprint density at radius 3 is 3.06 bits per heavy atom. The molecule has 2 N–H and O–H groups in total. The van der Waals surface area contributed by atoms with Crippen molar-refractivity contribution >= 4 is 11.8 Å². The highest BCUT2D eigenvalue weighted by molar-refractivity contribution is 5.80. The Kier molecular flexibility index (Phi) is 4.33. The molecule has 0 aliphatic carbocycles. The third-order valence-corrected chi connectivity index (χ3v) is 3.08. The van der Waals surface area contributed by atoms with Gasteiger partial charge in [0.05, 0.1) is 13.2 Å². The molecular formula is C11H19N3O3. The van der Waals surface area contributed by atoms with Gasteiger partial charge in [0.15, 0.2) is 0 Å². The van der Waals surface area contributed by atoms with Crippen molar-refractivity contribution in [2.24, 2.45) is 0 Å². The predicted octanol–water partition coefficient (Wildman–Crippen LogP) is -1.29. The molecule has 0 aromatic heterocycles. The van der Waals surface area contributed by atoms with Crippen molar-refractivity contribution in [3.63, 3.8) is 0 Å². The molecule has 2 rings (SSSR count). The quantitative estimate of drug-likeness (QED) is 0.631. The van der Waals surface area contributed by atoms with Gasteiger partial charge >= 0.3 is 0 Å². The lowest BCUT2D eigenvalue weighted by Gasteiger charge is -2.26. The van der Waals surface area contributed by atoms with E-state index in [1.54, 1.807) is 4.90 Å². The lowest BCUT2D eigenvalue weighted by molar-refractivity contribution is -0.132. The molecule has 0 radical (unpaired) electrons. The Hall–Kier alpha value is -1.14. The SMILES string of the molecule is O=C1CCN(C(=O)CC2COCCN2)CCN1. The average molecular weight is 241 g/mol. The number of morpholine rings is 1. The zero-order valence-electron chi connectivity index (χ0n) is 9.91. The molecule has 2 heterocycles. The molecule has 0 saturated carbocycles. The number of nitrogens with zero attached hydrogens (tertiary/aromatic N) is 1. The zero-order chi connectivity index (χ0) is 12.1. The molecule has 6 heteroatoms. The fourth-order valence-corrected chi connectivity index (χ4v) is 2.11. The molecule has 2 saturated heterocycles. The Bertz CT molecular complexity index is 290. The van der Waals surface area contributed by atoms with Crippen LogP contribution in [-0.2, 0) is 14.3 Å². The Labute approximate surface area is 101 Å². The molecule has 2 amide bonds. The highest BCUT2D eigenvalue weighted by Gasteiger charge is 2.22. The molecule has 96 valence electrons. The molecule has 1 atom stereocenters. The largest absolute Gasteiger partial charge is 0.378 e. The van der Waals surface area contributed by atoms with Crippen molar-refractivity contribution in [2.75, 3.05) is 39.4 Å². The third-order valence-electron chi connectivity index (χ3n) is 3.08. The van der Waals surface area contributed by atoms with Crippen molar-refractivity contribution in [2.45, 2.75) is 18.9 Å². The minimum Gasteiger partial charge on any atom is -0.378 e. The molecule has 0 aromatic rings. The Morgan fingerprint density at radius 2 is 2.29 bits per heavy atom. The van der Waals surface area contributed by atoms with Gasteiger partial charge in [-0.3, -0.25) is 9.59 Å². The second-order valence-electron chi connectivity index (χ2n) is 4.41. The predicted molar refractivity (Wildman–Crippen MR) is 61.4 cm³/mol. The van der Waals surface area contributed by atoms with Crippen molar-refractivity contribution < 1.29 is 14.3 Å². The normalized spacial score (nSPS) is 26.2. The van der Waals surface area contributed by atoms with Crippen LogP contribution in [0.3, 0.4) is 0 Å². The lowest BCUT2D eigenvalue weighted by atomic mass is 10.1. The molecule has 6 nitrogen and oxygen atoms in total. The molecule has 0 spiro atoms. The van der Waals surface area contributed by atoms with Gasteiger partial charge < -0.3 is 20.3 Å². The van der Waals surface area contributed by atoms with Gasteiger partial charge in [-0.05, 0) is 0 Å². The highest BCUT2D eigenvalue weighted by Crippen LogP contribution is 2.05. The van der Waals surface area contributed by atoms with Gasteiger partial charge in [-0.15, -0.1) is 0 Å². The van der Waals surface area contributed by atoms with Crippen molar-refractivity contribution in [3.8, 4) is 0 Å². The summed E-state index contributed by atoms with van der Waals surface area (Å²) < 4.78 is 5.31. The zero-order valence-corrected chi connectivity index (χ0v) is 9.91. The van der Waals surface area contributed by atoms with Gasteiger partial charge in [0, 0.05) is 45.1 Å². The molecule has 0 bridgehead atoms. The summed E-state index contributed by atoms with van der Waals surface area (Å²) in [5.74, 6) is 0.129. The molecular weight excluding hydrogens is 222 g/mol. The molecule has 2 aliphatic heterocycles. The maximum Gasteiger partial charge on any atom is 0.224 e. The van der Waals surface area contributed by atoms with E-state index in [0.29, 0.717) is 45.7 Å². The van der Waals surface area contributed by atoms with Gasteiger partial charge in [-0.25, -0.2) is 0 Å². The summed E-state index contributed by atoms with van der Waals surface area (Å²) in [6.07, 6.45) is 0.856. The van der Waals surface area contributed by atoms with Crippen LogP contribution in [0.15, 0.2) is 0 Å². The number of rotatable bonds is 2. The first-order valence-corrected chi connectivity index (χ1v) is 6.11. The van der Waals surface area contributed by atoms with Crippen LogP contribution in [0.1, 0.15) is 12.8 Å². The molecule has 17 heavy (non-hydrogen) atoms. The first-order chi connectivity index (χ1) is 8.25. The van der Waals surface area contributed by atoms with Crippen LogP contribution in [0.5, 0.6) is 0 Å². The summed E-state index contributed by atoms with van der Waals surface area (Å²) in [6, 6.07) is 0.114. The van der Waals surface area contributed by atoms with Crippen LogP contribution in [0, 0.1) is 0 Å². The smallest absolute Gasteiger partial charge is 0.224 e. The fraction of sp³-hybridized carbons (Fsp3) is 0.818. The van der Waals surface area contributed by atoms with Crippen molar-refractivity contribution in [1.82, 2.24) is 15.5 Å². The summed E-state index contributed by atoms with van der Waals surface area (Å²) in [6.45, 7) is 3.80. The van der Waals surface area contributed by atoms with Crippen LogP contribution in [0.4, 0.5) is 0 Å². The maximum absolute atomic E-state index is 12.0. The second-order valence-corrected chi connectivity index (χ2v) is 4.41. The number of nitrogens with one attached hydrogen (secondary N) is 2. The lowest BCUT2D eigenvalue weighted by Crippen LogP contribution is -2.45. The molecule has 1 unspecified atom stereocenters. The van der Waals surface area contributed by atoms with E-state index in [1.165, 1.54) is 0 Å². The standard InChI is InChI=1S/C11H19N3O3/c15-10-1-4-14(5-2-13-10)11(16)7-9-8-17-6-3-12-9/h9,12H,1-8H2,(H,13,15). The molecule has 2 aliphatic rings. The van der Waals surface area contributed by atoms with Gasteiger partial charge in [-0.1, -0.05) is 0 Å². The van der Waals surface area contributed by atoms with Crippen LogP contribution in [0.25, 0.3) is 0 Å². The molecule has 2 fully saturated rings. The van der Waals surface area contributed by atoms with E-state index in [1.807, 2.05) is 0 Å². The summed E-state index contributed by atoms with van der Waals surface area (Å²) in [4.78, 5) is 24.9. The van der Waals surface area contributed by atoms with Gasteiger partial charge in [-0.2, -0.15) is 0 Å². The first kappa shape index (κ1) is 12.3. The van der Waals surface area contributed by atoms with Gasteiger partial charge in [0.2, 0.25) is 11.8 Å². The third kappa shape index (κ3) is 3.67. The monoisotopic (exact) mass is 241 g/mol. The van der Waals surface area contributed by atoms with E-state index in [-0.39, 0.29) is 17.9 Å². The van der Waals surface area contributed by atoms with Crippen LogP contribution in [0.2, 0.25) is 0 Å². The van der Waals surface area contributed by atoms with E-state index >= 15 is 0 Å².